The lowest BCUT2D eigenvalue weighted by molar-refractivity contribution is 0.179. The van der Waals surface area contributed by atoms with Crippen LogP contribution in [0.15, 0.2) is 15.4 Å². The lowest BCUT2D eigenvalue weighted by Gasteiger charge is -2.30. The SMILES string of the molecule is Cc1oc(CN)cc1S(=O)(=O)NCCN(C(C)C)C(C)C. The van der Waals surface area contributed by atoms with Crippen LogP contribution < -0.4 is 10.5 Å². The molecule has 6 nitrogen and oxygen atoms in total. The van der Waals surface area contributed by atoms with Crippen molar-refractivity contribution >= 4 is 10.0 Å². The maximum atomic E-state index is 12.3. The fourth-order valence-corrected chi connectivity index (χ4v) is 3.61. The summed E-state index contributed by atoms with van der Waals surface area (Å²) >= 11 is 0. The van der Waals surface area contributed by atoms with E-state index in [1.807, 2.05) is 0 Å². The largest absolute Gasteiger partial charge is 0.464 e. The Balaban J connectivity index is 2.71. The normalized spacial score (nSPS) is 12.8. The molecule has 0 amide bonds. The van der Waals surface area contributed by atoms with Gasteiger partial charge in [0.15, 0.2) is 0 Å². The third-order valence-corrected chi connectivity index (χ3v) is 4.97. The second-order valence-electron chi connectivity index (χ2n) is 5.66. The number of nitrogens with two attached hydrogens (primary N) is 1. The van der Waals surface area contributed by atoms with E-state index in [0.717, 1.165) is 0 Å². The lowest BCUT2D eigenvalue weighted by atomic mass is 10.2. The molecule has 122 valence electrons. The molecule has 0 spiro atoms. The van der Waals surface area contributed by atoms with Crippen molar-refractivity contribution in [3.63, 3.8) is 0 Å². The number of nitrogens with zero attached hydrogens (tertiary/aromatic N) is 1. The summed E-state index contributed by atoms with van der Waals surface area (Å²) in [5, 5.41) is 0. The van der Waals surface area contributed by atoms with Crippen LogP contribution in [-0.2, 0) is 16.6 Å². The first-order valence-electron chi connectivity index (χ1n) is 7.23. The van der Waals surface area contributed by atoms with Crippen LogP contribution in [0.25, 0.3) is 0 Å². The van der Waals surface area contributed by atoms with Crippen LogP contribution in [0.3, 0.4) is 0 Å². The van der Waals surface area contributed by atoms with E-state index in [1.54, 1.807) is 6.92 Å². The number of sulfonamides is 1. The van der Waals surface area contributed by atoms with E-state index in [0.29, 0.717) is 36.7 Å². The minimum absolute atomic E-state index is 0.170. The second kappa shape index (κ2) is 7.40. The molecule has 1 heterocycles. The van der Waals surface area contributed by atoms with E-state index in [4.69, 9.17) is 10.2 Å². The molecule has 0 saturated carbocycles. The minimum Gasteiger partial charge on any atom is -0.464 e. The molecular weight excluding hydrogens is 290 g/mol. The minimum atomic E-state index is -3.55. The number of hydrogen-bond acceptors (Lipinski definition) is 5. The van der Waals surface area contributed by atoms with E-state index < -0.39 is 10.0 Å². The van der Waals surface area contributed by atoms with Crippen molar-refractivity contribution in [1.29, 1.82) is 0 Å². The average Bonchev–Trinajstić information content (AvgIpc) is 2.75. The fraction of sp³-hybridized carbons (Fsp3) is 0.714. The number of rotatable bonds is 8. The van der Waals surface area contributed by atoms with Gasteiger partial charge in [0.05, 0.1) is 6.54 Å². The summed E-state index contributed by atoms with van der Waals surface area (Å²) in [4.78, 5) is 2.40. The number of nitrogens with one attached hydrogen (secondary N) is 1. The Morgan fingerprint density at radius 2 is 1.86 bits per heavy atom. The maximum absolute atomic E-state index is 12.3. The van der Waals surface area contributed by atoms with Crippen molar-refractivity contribution in [1.82, 2.24) is 9.62 Å². The summed E-state index contributed by atoms with van der Waals surface area (Å²) in [7, 11) is -3.55. The fourth-order valence-electron chi connectivity index (χ4n) is 2.39. The molecule has 0 atom stereocenters. The van der Waals surface area contributed by atoms with Gasteiger partial charge in [0, 0.05) is 31.2 Å². The van der Waals surface area contributed by atoms with Crippen LogP contribution in [0.2, 0.25) is 0 Å². The molecular formula is C14H27N3O3S. The monoisotopic (exact) mass is 317 g/mol. The van der Waals surface area contributed by atoms with Gasteiger partial charge < -0.3 is 10.2 Å². The van der Waals surface area contributed by atoms with Gasteiger partial charge in [0.25, 0.3) is 0 Å². The molecule has 0 aliphatic carbocycles. The molecule has 1 aromatic rings. The molecule has 7 heteroatoms. The molecule has 0 unspecified atom stereocenters. The summed E-state index contributed by atoms with van der Waals surface area (Å²) in [5.41, 5.74) is 5.47. The predicted molar refractivity (Wildman–Crippen MR) is 83.5 cm³/mol. The highest BCUT2D eigenvalue weighted by molar-refractivity contribution is 7.89. The first-order chi connectivity index (χ1) is 9.69. The van der Waals surface area contributed by atoms with Crippen molar-refractivity contribution in [2.24, 2.45) is 5.73 Å². The summed E-state index contributed by atoms with van der Waals surface area (Å²) in [6.07, 6.45) is 0. The van der Waals surface area contributed by atoms with Gasteiger partial charge in [-0.15, -0.1) is 0 Å². The van der Waals surface area contributed by atoms with Gasteiger partial charge in [-0.1, -0.05) is 0 Å². The van der Waals surface area contributed by atoms with Crippen LogP contribution >= 0.6 is 0 Å². The number of aryl methyl sites for hydroxylation is 1. The predicted octanol–water partition coefficient (Wildman–Crippen LogP) is 1.44. The van der Waals surface area contributed by atoms with Crippen LogP contribution in [-0.4, -0.2) is 38.5 Å². The second-order valence-corrected chi connectivity index (χ2v) is 7.40. The van der Waals surface area contributed by atoms with E-state index in [2.05, 4.69) is 37.3 Å². The van der Waals surface area contributed by atoms with Gasteiger partial charge in [-0.25, -0.2) is 13.1 Å². The molecule has 0 fully saturated rings. The zero-order chi connectivity index (χ0) is 16.2. The highest BCUT2D eigenvalue weighted by atomic mass is 32.2. The Kier molecular flexibility index (Phi) is 6.40. The van der Waals surface area contributed by atoms with Gasteiger partial charge in [-0.05, 0) is 34.6 Å². The Bertz CT molecular complexity index is 542. The molecule has 0 bridgehead atoms. The highest BCUT2D eigenvalue weighted by Crippen LogP contribution is 2.19. The van der Waals surface area contributed by atoms with Crippen molar-refractivity contribution < 1.29 is 12.8 Å². The van der Waals surface area contributed by atoms with Crippen LogP contribution in [0.1, 0.15) is 39.2 Å². The van der Waals surface area contributed by atoms with Crippen LogP contribution in [0, 0.1) is 6.92 Å². The van der Waals surface area contributed by atoms with Gasteiger partial charge in [0.1, 0.15) is 16.4 Å². The Labute approximate surface area is 127 Å². The topological polar surface area (TPSA) is 88.6 Å². The molecule has 0 aliphatic heterocycles. The van der Waals surface area contributed by atoms with Gasteiger partial charge in [-0.2, -0.15) is 0 Å². The van der Waals surface area contributed by atoms with Crippen molar-refractivity contribution in [2.75, 3.05) is 13.1 Å². The molecule has 3 N–H and O–H groups in total. The van der Waals surface area contributed by atoms with Gasteiger partial charge >= 0.3 is 0 Å². The maximum Gasteiger partial charge on any atom is 0.244 e. The first-order valence-corrected chi connectivity index (χ1v) is 8.72. The average molecular weight is 317 g/mol. The number of hydrogen-bond donors (Lipinski definition) is 2. The van der Waals surface area contributed by atoms with E-state index in [9.17, 15) is 8.42 Å². The smallest absolute Gasteiger partial charge is 0.244 e. The van der Waals surface area contributed by atoms with Crippen LogP contribution in [0.4, 0.5) is 0 Å². The summed E-state index contributed by atoms with van der Waals surface area (Å²) in [6, 6.07) is 2.23. The molecule has 0 radical (unpaired) electrons. The van der Waals surface area contributed by atoms with Gasteiger partial charge in [-0.3, -0.25) is 4.90 Å². The van der Waals surface area contributed by atoms with Crippen molar-refractivity contribution in [3.05, 3.63) is 17.6 Å². The summed E-state index contributed by atoms with van der Waals surface area (Å²) < 4.78 is 32.5. The van der Waals surface area contributed by atoms with Crippen molar-refractivity contribution in [3.8, 4) is 0 Å². The molecule has 0 aromatic carbocycles. The van der Waals surface area contributed by atoms with E-state index in [1.165, 1.54) is 6.07 Å². The molecule has 1 aromatic heterocycles. The highest BCUT2D eigenvalue weighted by Gasteiger charge is 2.21. The molecule has 0 saturated heterocycles. The first kappa shape index (κ1) is 18.2. The third kappa shape index (κ3) is 4.81. The quantitative estimate of drug-likeness (QED) is 0.757. The lowest BCUT2D eigenvalue weighted by Crippen LogP contribution is -2.42. The summed E-state index contributed by atoms with van der Waals surface area (Å²) in [5.74, 6) is 0.839. The van der Waals surface area contributed by atoms with Gasteiger partial charge in [0.2, 0.25) is 10.0 Å². The van der Waals surface area contributed by atoms with Crippen LogP contribution in [0.5, 0.6) is 0 Å². The molecule has 1 rings (SSSR count). The zero-order valence-electron chi connectivity index (χ0n) is 13.5. The van der Waals surface area contributed by atoms with E-state index in [-0.39, 0.29) is 11.4 Å². The summed E-state index contributed by atoms with van der Waals surface area (Å²) in [6.45, 7) is 11.2. The Hall–Kier alpha value is -0.890. The van der Waals surface area contributed by atoms with Crippen molar-refractivity contribution in [2.45, 2.75) is 58.1 Å². The van der Waals surface area contributed by atoms with E-state index >= 15 is 0 Å². The standard InChI is InChI=1S/C14H27N3O3S/c1-10(2)17(11(3)4)7-6-16-21(18,19)14-8-13(9-15)20-12(14)5/h8,10-11,16H,6-7,9,15H2,1-5H3. The Morgan fingerprint density at radius 1 is 1.29 bits per heavy atom. The number of furan rings is 1. The molecule has 0 aliphatic rings. The Morgan fingerprint density at radius 3 is 2.29 bits per heavy atom. The third-order valence-electron chi connectivity index (χ3n) is 3.40. The molecule has 21 heavy (non-hydrogen) atoms. The zero-order valence-corrected chi connectivity index (χ0v) is 14.3.